The van der Waals surface area contributed by atoms with Gasteiger partial charge in [0, 0.05) is 0 Å². The van der Waals surface area contributed by atoms with Gasteiger partial charge in [0.1, 0.15) is 11.8 Å². The summed E-state index contributed by atoms with van der Waals surface area (Å²) in [5.74, 6) is -0.764. The summed E-state index contributed by atoms with van der Waals surface area (Å²) in [6.07, 6.45) is 1.09. The van der Waals surface area contributed by atoms with Crippen LogP contribution in [0.25, 0.3) is 0 Å². The maximum Gasteiger partial charge on any atom is 0.326 e. The molecule has 1 aromatic rings. The Morgan fingerprint density at radius 3 is 2.62 bits per heavy atom. The predicted molar refractivity (Wildman–Crippen MR) is 57.2 cm³/mol. The van der Waals surface area contributed by atoms with Gasteiger partial charge in [0.15, 0.2) is 5.76 Å². The van der Waals surface area contributed by atoms with Crippen molar-refractivity contribution in [1.82, 2.24) is 5.32 Å². The van der Waals surface area contributed by atoms with Crippen LogP contribution in [0.2, 0.25) is 0 Å². The van der Waals surface area contributed by atoms with Gasteiger partial charge in [-0.3, -0.25) is 4.79 Å². The molecule has 1 aromatic heterocycles. The van der Waals surface area contributed by atoms with Crippen LogP contribution in [0.15, 0.2) is 16.5 Å². The van der Waals surface area contributed by atoms with Gasteiger partial charge >= 0.3 is 5.97 Å². The van der Waals surface area contributed by atoms with E-state index in [0.717, 1.165) is 0 Å². The van der Waals surface area contributed by atoms with Crippen molar-refractivity contribution >= 4 is 11.9 Å². The molecule has 1 rings (SSSR count). The van der Waals surface area contributed by atoms with Crippen molar-refractivity contribution in [3.63, 3.8) is 0 Å². The minimum atomic E-state index is -1.03. The molecule has 0 bridgehead atoms. The zero-order chi connectivity index (χ0) is 12.1. The average Bonchev–Trinajstić information content (AvgIpc) is 2.64. The quantitative estimate of drug-likeness (QED) is 0.797. The normalized spacial score (nSPS) is 12.1. The summed E-state index contributed by atoms with van der Waals surface area (Å²) in [5, 5.41) is 11.3. The molecule has 5 nitrogen and oxygen atoms in total. The molecule has 1 atom stereocenters. The number of furan rings is 1. The van der Waals surface area contributed by atoms with Gasteiger partial charge < -0.3 is 14.8 Å². The van der Waals surface area contributed by atoms with Crippen molar-refractivity contribution in [1.29, 1.82) is 0 Å². The number of carbonyl (C=O) groups excluding carboxylic acids is 1. The van der Waals surface area contributed by atoms with Crippen LogP contribution in [0.4, 0.5) is 0 Å². The summed E-state index contributed by atoms with van der Waals surface area (Å²) in [4.78, 5) is 22.4. The monoisotopic (exact) mass is 225 g/mol. The first-order valence-electron chi connectivity index (χ1n) is 5.14. The Bertz CT molecular complexity index is 383. The number of carboxylic acids is 1. The van der Waals surface area contributed by atoms with Crippen LogP contribution in [0.5, 0.6) is 0 Å². The maximum absolute atomic E-state index is 11.6. The smallest absolute Gasteiger partial charge is 0.326 e. The molecule has 0 aliphatic heterocycles. The van der Waals surface area contributed by atoms with E-state index in [1.54, 1.807) is 13.0 Å². The second-order valence-corrected chi connectivity index (χ2v) is 3.56. The lowest BCUT2D eigenvalue weighted by atomic mass is 10.1. The summed E-state index contributed by atoms with van der Waals surface area (Å²) in [7, 11) is 0. The first kappa shape index (κ1) is 12.3. The third kappa shape index (κ3) is 3.12. The molecule has 0 saturated carbocycles. The van der Waals surface area contributed by atoms with Gasteiger partial charge in [0.2, 0.25) is 0 Å². The van der Waals surface area contributed by atoms with Gasteiger partial charge in [0.25, 0.3) is 5.91 Å². The van der Waals surface area contributed by atoms with Crippen LogP contribution in [-0.4, -0.2) is 23.0 Å². The van der Waals surface area contributed by atoms with Gasteiger partial charge in [-0.25, -0.2) is 4.79 Å². The molecule has 5 heteroatoms. The van der Waals surface area contributed by atoms with Crippen LogP contribution < -0.4 is 5.32 Å². The van der Waals surface area contributed by atoms with Crippen LogP contribution >= 0.6 is 0 Å². The average molecular weight is 225 g/mol. The molecule has 2 N–H and O–H groups in total. The SMILES string of the molecule is CCC[C@@H](NC(=O)c1ccc(C)o1)C(=O)O. The van der Waals surface area contributed by atoms with Crippen molar-refractivity contribution in [3.8, 4) is 0 Å². The highest BCUT2D eigenvalue weighted by Gasteiger charge is 2.20. The minimum absolute atomic E-state index is 0.139. The molecule has 1 heterocycles. The molecular weight excluding hydrogens is 210 g/mol. The summed E-state index contributed by atoms with van der Waals surface area (Å²) in [6, 6.07) is 2.32. The van der Waals surface area contributed by atoms with Gasteiger partial charge in [-0.05, 0) is 25.5 Å². The Morgan fingerprint density at radius 2 is 2.19 bits per heavy atom. The van der Waals surface area contributed by atoms with E-state index in [2.05, 4.69) is 5.32 Å². The number of aryl methyl sites for hydroxylation is 1. The third-order valence-corrected chi connectivity index (χ3v) is 2.14. The summed E-state index contributed by atoms with van der Waals surface area (Å²) in [5.41, 5.74) is 0. The van der Waals surface area contributed by atoms with Crippen molar-refractivity contribution < 1.29 is 19.1 Å². The van der Waals surface area contributed by atoms with Crippen LogP contribution in [0, 0.1) is 6.92 Å². The lowest BCUT2D eigenvalue weighted by Crippen LogP contribution is -2.40. The Hall–Kier alpha value is -1.78. The first-order chi connectivity index (χ1) is 7.54. The van der Waals surface area contributed by atoms with E-state index in [9.17, 15) is 9.59 Å². The number of hydrogen-bond donors (Lipinski definition) is 2. The molecule has 16 heavy (non-hydrogen) atoms. The summed E-state index contributed by atoms with van der Waals surface area (Å²) < 4.78 is 5.10. The van der Waals surface area contributed by atoms with E-state index in [1.165, 1.54) is 6.07 Å². The van der Waals surface area contributed by atoms with Crippen molar-refractivity contribution in [2.24, 2.45) is 0 Å². The third-order valence-electron chi connectivity index (χ3n) is 2.14. The fraction of sp³-hybridized carbons (Fsp3) is 0.455. The zero-order valence-electron chi connectivity index (χ0n) is 9.32. The molecule has 0 spiro atoms. The fourth-order valence-corrected chi connectivity index (χ4v) is 1.33. The molecule has 0 aromatic carbocycles. The standard InChI is InChI=1S/C11H15NO4/c1-3-4-8(11(14)15)12-10(13)9-6-5-7(2)16-9/h5-6,8H,3-4H2,1-2H3,(H,12,13)(H,14,15)/t8-/m1/s1. The number of nitrogens with one attached hydrogen (secondary N) is 1. The van der Waals surface area contributed by atoms with E-state index in [0.29, 0.717) is 18.6 Å². The van der Waals surface area contributed by atoms with E-state index in [-0.39, 0.29) is 5.76 Å². The van der Waals surface area contributed by atoms with E-state index in [4.69, 9.17) is 9.52 Å². The van der Waals surface area contributed by atoms with E-state index >= 15 is 0 Å². The highest BCUT2D eigenvalue weighted by Crippen LogP contribution is 2.07. The zero-order valence-corrected chi connectivity index (χ0v) is 9.32. The number of carbonyl (C=O) groups is 2. The Morgan fingerprint density at radius 1 is 1.50 bits per heavy atom. The summed E-state index contributed by atoms with van der Waals surface area (Å²) in [6.45, 7) is 3.58. The molecule has 0 fully saturated rings. The van der Waals surface area contributed by atoms with Gasteiger partial charge in [-0.15, -0.1) is 0 Å². The van der Waals surface area contributed by atoms with E-state index < -0.39 is 17.9 Å². The molecule has 88 valence electrons. The van der Waals surface area contributed by atoms with E-state index in [1.807, 2.05) is 6.92 Å². The lowest BCUT2D eigenvalue weighted by Gasteiger charge is -2.11. The highest BCUT2D eigenvalue weighted by atomic mass is 16.4. The Balaban J connectivity index is 2.65. The van der Waals surface area contributed by atoms with Gasteiger partial charge in [-0.2, -0.15) is 0 Å². The first-order valence-corrected chi connectivity index (χ1v) is 5.14. The second-order valence-electron chi connectivity index (χ2n) is 3.56. The largest absolute Gasteiger partial charge is 0.480 e. The number of aliphatic carboxylic acids is 1. The molecule has 0 saturated heterocycles. The number of hydrogen-bond acceptors (Lipinski definition) is 3. The molecule has 1 amide bonds. The highest BCUT2D eigenvalue weighted by molar-refractivity contribution is 5.94. The minimum Gasteiger partial charge on any atom is -0.480 e. The number of amides is 1. The predicted octanol–water partition coefficient (Wildman–Crippen LogP) is 1.57. The topological polar surface area (TPSA) is 79.5 Å². The van der Waals surface area contributed by atoms with Crippen LogP contribution in [-0.2, 0) is 4.79 Å². The van der Waals surface area contributed by atoms with Crippen molar-refractivity contribution in [2.45, 2.75) is 32.7 Å². The second kappa shape index (κ2) is 5.34. The fourth-order valence-electron chi connectivity index (χ4n) is 1.33. The van der Waals surface area contributed by atoms with Gasteiger partial charge in [-0.1, -0.05) is 13.3 Å². The molecule has 0 unspecified atom stereocenters. The number of rotatable bonds is 5. The Labute approximate surface area is 93.4 Å². The molecular formula is C11H15NO4. The molecule has 0 aliphatic rings. The van der Waals surface area contributed by atoms with Crippen LogP contribution in [0.1, 0.15) is 36.1 Å². The molecule has 0 aliphatic carbocycles. The lowest BCUT2D eigenvalue weighted by molar-refractivity contribution is -0.139. The number of carboxylic acid groups (broad SMARTS) is 1. The Kier molecular flexibility index (Phi) is 4.10. The van der Waals surface area contributed by atoms with Crippen molar-refractivity contribution in [3.05, 3.63) is 23.7 Å². The maximum atomic E-state index is 11.6. The summed E-state index contributed by atoms with van der Waals surface area (Å²) >= 11 is 0. The van der Waals surface area contributed by atoms with Crippen LogP contribution in [0.3, 0.4) is 0 Å². The molecule has 0 radical (unpaired) electrons. The van der Waals surface area contributed by atoms with Crippen molar-refractivity contribution in [2.75, 3.05) is 0 Å². The van der Waals surface area contributed by atoms with Gasteiger partial charge in [0.05, 0.1) is 0 Å².